The molecule has 106 valence electrons. The van der Waals surface area contributed by atoms with Crippen LogP contribution in [0.4, 0.5) is 5.69 Å². The smallest absolute Gasteiger partial charge is 0.241 e. The van der Waals surface area contributed by atoms with E-state index in [4.69, 9.17) is 10.5 Å². The zero-order valence-corrected chi connectivity index (χ0v) is 13.0. The molecule has 0 spiro atoms. The number of nitrogens with two attached hydrogens (primary N) is 1. The lowest BCUT2D eigenvalue weighted by Gasteiger charge is -2.14. The maximum atomic E-state index is 12.0. The van der Waals surface area contributed by atoms with Crippen LogP contribution >= 0.6 is 15.9 Å². The Bertz CT molecular complexity index is 424. The minimum Gasteiger partial charge on any atom is -0.385 e. The summed E-state index contributed by atoms with van der Waals surface area (Å²) in [6, 6.07) is 5.31. The van der Waals surface area contributed by atoms with E-state index in [1.54, 1.807) is 7.11 Å². The molecule has 1 atom stereocenters. The number of nitrogens with one attached hydrogen (secondary N) is 1. The molecule has 0 aliphatic heterocycles. The molecule has 0 aromatic heterocycles. The minimum absolute atomic E-state index is 0.145. The lowest BCUT2D eigenvalue weighted by molar-refractivity contribution is -0.117. The Hall–Kier alpha value is -0.910. The molecule has 0 aliphatic rings. The first-order chi connectivity index (χ1) is 9.08. The predicted octanol–water partition coefficient (Wildman–Crippen LogP) is 2.70. The molecule has 1 amide bonds. The number of hydrogen-bond acceptors (Lipinski definition) is 3. The van der Waals surface area contributed by atoms with Crippen LogP contribution in [0.5, 0.6) is 0 Å². The monoisotopic (exact) mass is 328 g/mol. The molecular formula is C14H21BrN2O2. The Morgan fingerprint density at radius 1 is 1.53 bits per heavy atom. The largest absolute Gasteiger partial charge is 0.385 e. The number of rotatable bonds is 7. The van der Waals surface area contributed by atoms with E-state index in [2.05, 4.69) is 28.2 Å². The number of ether oxygens (including phenoxy) is 1. The van der Waals surface area contributed by atoms with Crippen molar-refractivity contribution in [2.45, 2.75) is 32.2 Å². The van der Waals surface area contributed by atoms with Crippen molar-refractivity contribution in [3.05, 3.63) is 28.2 Å². The molecule has 4 nitrogen and oxygen atoms in total. The second-order valence-corrected chi connectivity index (χ2v) is 5.30. The summed E-state index contributed by atoms with van der Waals surface area (Å²) in [7, 11) is 1.64. The molecule has 1 aromatic rings. The quantitative estimate of drug-likeness (QED) is 0.756. The highest BCUT2D eigenvalue weighted by molar-refractivity contribution is 9.10. The topological polar surface area (TPSA) is 64.4 Å². The highest BCUT2D eigenvalue weighted by Gasteiger charge is 2.14. The molecule has 1 aromatic carbocycles. The van der Waals surface area contributed by atoms with Gasteiger partial charge in [0.2, 0.25) is 5.91 Å². The third-order valence-electron chi connectivity index (χ3n) is 2.91. The number of halogens is 1. The van der Waals surface area contributed by atoms with E-state index in [-0.39, 0.29) is 5.91 Å². The van der Waals surface area contributed by atoms with Gasteiger partial charge in [-0.15, -0.1) is 0 Å². The summed E-state index contributed by atoms with van der Waals surface area (Å²) < 4.78 is 5.95. The number of methoxy groups -OCH3 is 1. The molecular weight excluding hydrogens is 308 g/mol. The van der Waals surface area contributed by atoms with Gasteiger partial charge in [-0.25, -0.2) is 0 Å². The SMILES string of the molecule is CCc1cc(Br)ccc1NC(=O)C(N)CCCOC. The van der Waals surface area contributed by atoms with Crippen molar-refractivity contribution in [2.24, 2.45) is 5.73 Å². The first kappa shape index (κ1) is 16.1. The summed E-state index contributed by atoms with van der Waals surface area (Å²) in [5.74, 6) is -0.145. The van der Waals surface area contributed by atoms with Gasteiger partial charge in [0.05, 0.1) is 6.04 Å². The molecule has 0 heterocycles. The number of amides is 1. The van der Waals surface area contributed by atoms with Gasteiger partial charge in [0.15, 0.2) is 0 Å². The fourth-order valence-electron chi connectivity index (χ4n) is 1.78. The standard InChI is InChI=1S/C14H21BrN2O2/c1-3-10-9-11(15)6-7-13(10)17-14(18)12(16)5-4-8-19-2/h6-7,9,12H,3-5,8,16H2,1-2H3,(H,17,18). The first-order valence-corrected chi connectivity index (χ1v) is 7.21. The zero-order chi connectivity index (χ0) is 14.3. The number of benzene rings is 1. The molecule has 0 aliphatic carbocycles. The van der Waals surface area contributed by atoms with Gasteiger partial charge in [-0.1, -0.05) is 22.9 Å². The fraction of sp³-hybridized carbons (Fsp3) is 0.500. The summed E-state index contributed by atoms with van der Waals surface area (Å²) in [4.78, 5) is 12.0. The van der Waals surface area contributed by atoms with Crippen LogP contribution in [-0.2, 0) is 16.0 Å². The third kappa shape index (κ3) is 5.30. The summed E-state index contributed by atoms with van der Waals surface area (Å²) in [5, 5.41) is 2.89. The van der Waals surface area contributed by atoms with E-state index < -0.39 is 6.04 Å². The molecule has 19 heavy (non-hydrogen) atoms. The van der Waals surface area contributed by atoms with Crippen molar-refractivity contribution in [3.8, 4) is 0 Å². The average Bonchev–Trinajstić information content (AvgIpc) is 2.40. The van der Waals surface area contributed by atoms with Crippen molar-refractivity contribution < 1.29 is 9.53 Å². The van der Waals surface area contributed by atoms with Crippen LogP contribution < -0.4 is 11.1 Å². The number of hydrogen-bond donors (Lipinski definition) is 2. The van der Waals surface area contributed by atoms with Crippen molar-refractivity contribution in [2.75, 3.05) is 19.0 Å². The Balaban J connectivity index is 2.61. The van der Waals surface area contributed by atoms with Crippen LogP contribution in [-0.4, -0.2) is 25.7 Å². The van der Waals surface area contributed by atoms with E-state index in [1.165, 1.54) is 0 Å². The van der Waals surface area contributed by atoms with E-state index in [0.717, 1.165) is 28.6 Å². The van der Waals surface area contributed by atoms with Crippen LogP contribution in [0, 0.1) is 0 Å². The molecule has 3 N–H and O–H groups in total. The van der Waals surface area contributed by atoms with E-state index in [0.29, 0.717) is 13.0 Å². The van der Waals surface area contributed by atoms with Crippen molar-refractivity contribution in [1.29, 1.82) is 0 Å². The molecule has 5 heteroatoms. The molecule has 1 unspecified atom stereocenters. The van der Waals surface area contributed by atoms with Gasteiger partial charge in [0.25, 0.3) is 0 Å². The molecule has 1 rings (SSSR count). The Morgan fingerprint density at radius 2 is 2.26 bits per heavy atom. The van der Waals surface area contributed by atoms with Gasteiger partial charge in [-0.3, -0.25) is 4.79 Å². The number of anilines is 1. The minimum atomic E-state index is -0.497. The summed E-state index contributed by atoms with van der Waals surface area (Å²) >= 11 is 3.42. The van der Waals surface area contributed by atoms with E-state index in [9.17, 15) is 4.79 Å². The molecule has 0 saturated heterocycles. The van der Waals surface area contributed by atoms with Crippen LogP contribution in [0.25, 0.3) is 0 Å². The lowest BCUT2D eigenvalue weighted by Crippen LogP contribution is -2.36. The zero-order valence-electron chi connectivity index (χ0n) is 11.4. The van der Waals surface area contributed by atoms with E-state index in [1.807, 2.05) is 18.2 Å². The van der Waals surface area contributed by atoms with Gasteiger partial charge in [0, 0.05) is 23.9 Å². The Kier molecular flexibility index (Phi) is 7.05. The molecule has 0 radical (unpaired) electrons. The number of aryl methyl sites for hydroxylation is 1. The van der Waals surface area contributed by atoms with Crippen LogP contribution in [0.2, 0.25) is 0 Å². The fourth-order valence-corrected chi connectivity index (χ4v) is 2.19. The summed E-state index contributed by atoms with van der Waals surface area (Å²) in [5.41, 5.74) is 7.77. The molecule has 0 bridgehead atoms. The normalized spacial score (nSPS) is 12.2. The maximum absolute atomic E-state index is 12.0. The third-order valence-corrected chi connectivity index (χ3v) is 3.40. The van der Waals surface area contributed by atoms with Crippen molar-refractivity contribution in [3.63, 3.8) is 0 Å². The van der Waals surface area contributed by atoms with Gasteiger partial charge in [-0.2, -0.15) is 0 Å². The molecule has 0 fully saturated rings. The predicted molar refractivity (Wildman–Crippen MR) is 81.2 cm³/mol. The van der Waals surface area contributed by atoms with Gasteiger partial charge in [-0.05, 0) is 43.0 Å². The second-order valence-electron chi connectivity index (χ2n) is 4.39. The van der Waals surface area contributed by atoms with Crippen molar-refractivity contribution in [1.82, 2.24) is 0 Å². The summed E-state index contributed by atoms with van der Waals surface area (Å²) in [6.07, 6.45) is 2.26. The maximum Gasteiger partial charge on any atom is 0.241 e. The number of carbonyl (C=O) groups is 1. The average molecular weight is 329 g/mol. The highest BCUT2D eigenvalue weighted by atomic mass is 79.9. The van der Waals surface area contributed by atoms with Crippen molar-refractivity contribution >= 4 is 27.5 Å². The second kappa shape index (κ2) is 8.30. The van der Waals surface area contributed by atoms with E-state index >= 15 is 0 Å². The van der Waals surface area contributed by atoms with Crippen LogP contribution in [0.1, 0.15) is 25.3 Å². The lowest BCUT2D eigenvalue weighted by atomic mass is 10.1. The molecule has 0 saturated carbocycles. The van der Waals surface area contributed by atoms with Crippen LogP contribution in [0.3, 0.4) is 0 Å². The Labute approximate surface area is 122 Å². The number of carbonyl (C=O) groups excluding carboxylic acids is 1. The van der Waals surface area contributed by atoms with Crippen LogP contribution in [0.15, 0.2) is 22.7 Å². The Morgan fingerprint density at radius 3 is 2.89 bits per heavy atom. The van der Waals surface area contributed by atoms with Gasteiger partial charge < -0.3 is 15.8 Å². The summed E-state index contributed by atoms with van der Waals surface area (Å²) in [6.45, 7) is 2.68. The first-order valence-electron chi connectivity index (χ1n) is 6.42. The highest BCUT2D eigenvalue weighted by Crippen LogP contribution is 2.21. The van der Waals surface area contributed by atoms with Gasteiger partial charge >= 0.3 is 0 Å². The van der Waals surface area contributed by atoms with Gasteiger partial charge in [0.1, 0.15) is 0 Å².